The van der Waals surface area contributed by atoms with Crippen molar-refractivity contribution in [1.82, 2.24) is 0 Å². The van der Waals surface area contributed by atoms with Crippen molar-refractivity contribution in [2.24, 2.45) is 0 Å². The maximum atomic E-state index is 9.16. The highest BCUT2D eigenvalue weighted by Crippen LogP contribution is 2.16. The summed E-state index contributed by atoms with van der Waals surface area (Å²) in [6.07, 6.45) is 0.490. The van der Waals surface area contributed by atoms with E-state index in [0.29, 0.717) is 6.61 Å². The average Bonchev–Trinajstić information content (AvgIpc) is 2.40. The van der Waals surface area contributed by atoms with Gasteiger partial charge in [0, 0.05) is 0 Å². The number of benzene rings is 2. The SMILES string of the molecule is Cc1ccc(Cc2ccc(OCC(C)O)cc2)cc1. The molecule has 0 aliphatic rings. The first-order valence-electron chi connectivity index (χ1n) is 6.59. The third kappa shape index (κ3) is 4.42. The fourth-order valence-corrected chi connectivity index (χ4v) is 1.86. The predicted molar refractivity (Wildman–Crippen MR) is 77.6 cm³/mol. The molecule has 1 atom stereocenters. The quantitative estimate of drug-likeness (QED) is 0.889. The molecule has 2 rings (SSSR count). The summed E-state index contributed by atoms with van der Waals surface area (Å²) in [5.74, 6) is 0.800. The van der Waals surface area contributed by atoms with Gasteiger partial charge in [0.25, 0.3) is 0 Å². The second kappa shape index (κ2) is 6.39. The summed E-state index contributed by atoms with van der Waals surface area (Å²) in [4.78, 5) is 0. The van der Waals surface area contributed by atoms with Crippen LogP contribution in [0.2, 0.25) is 0 Å². The number of aliphatic hydroxyl groups is 1. The van der Waals surface area contributed by atoms with Crippen molar-refractivity contribution in [2.75, 3.05) is 6.61 Å². The van der Waals surface area contributed by atoms with E-state index in [4.69, 9.17) is 9.84 Å². The lowest BCUT2D eigenvalue weighted by Crippen LogP contribution is -2.12. The van der Waals surface area contributed by atoms with E-state index in [9.17, 15) is 0 Å². The Morgan fingerprint density at radius 3 is 2.00 bits per heavy atom. The first kappa shape index (κ1) is 13.6. The molecule has 0 fully saturated rings. The van der Waals surface area contributed by atoms with Crippen molar-refractivity contribution in [2.45, 2.75) is 26.4 Å². The highest BCUT2D eigenvalue weighted by Gasteiger charge is 2.00. The fourth-order valence-electron chi connectivity index (χ4n) is 1.86. The molecule has 0 spiro atoms. The molecule has 2 aromatic rings. The molecule has 2 aromatic carbocycles. The third-order valence-electron chi connectivity index (χ3n) is 2.94. The maximum Gasteiger partial charge on any atom is 0.119 e. The lowest BCUT2D eigenvalue weighted by Gasteiger charge is -2.09. The van der Waals surface area contributed by atoms with Gasteiger partial charge in [0.15, 0.2) is 0 Å². The van der Waals surface area contributed by atoms with Crippen LogP contribution in [0.1, 0.15) is 23.6 Å². The van der Waals surface area contributed by atoms with Gasteiger partial charge in [-0.3, -0.25) is 0 Å². The molecule has 19 heavy (non-hydrogen) atoms. The molecule has 0 saturated heterocycles. The largest absolute Gasteiger partial charge is 0.491 e. The summed E-state index contributed by atoms with van der Waals surface area (Å²) in [5.41, 5.74) is 3.85. The summed E-state index contributed by atoms with van der Waals surface area (Å²) in [6.45, 7) is 4.14. The minimum Gasteiger partial charge on any atom is -0.491 e. The van der Waals surface area contributed by atoms with Gasteiger partial charge >= 0.3 is 0 Å². The first-order chi connectivity index (χ1) is 9.13. The van der Waals surface area contributed by atoms with Crippen molar-refractivity contribution >= 4 is 0 Å². The number of hydrogen-bond donors (Lipinski definition) is 1. The van der Waals surface area contributed by atoms with Crippen LogP contribution in [-0.2, 0) is 6.42 Å². The van der Waals surface area contributed by atoms with Crippen LogP contribution in [0.15, 0.2) is 48.5 Å². The second-order valence-electron chi connectivity index (χ2n) is 4.97. The minimum atomic E-state index is -0.438. The number of rotatable bonds is 5. The van der Waals surface area contributed by atoms with E-state index in [-0.39, 0.29) is 0 Å². The summed E-state index contributed by atoms with van der Waals surface area (Å²) in [5, 5.41) is 9.16. The lowest BCUT2D eigenvalue weighted by molar-refractivity contribution is 0.122. The molecular weight excluding hydrogens is 236 g/mol. The molecular formula is C17H20O2. The Bertz CT molecular complexity index is 498. The van der Waals surface area contributed by atoms with E-state index in [1.807, 2.05) is 12.1 Å². The van der Waals surface area contributed by atoms with Crippen molar-refractivity contribution in [3.8, 4) is 5.75 Å². The molecule has 2 nitrogen and oxygen atoms in total. The maximum absolute atomic E-state index is 9.16. The Hall–Kier alpha value is -1.80. The van der Waals surface area contributed by atoms with E-state index in [0.717, 1.165) is 12.2 Å². The molecule has 0 aromatic heterocycles. The Labute approximate surface area is 114 Å². The summed E-state index contributed by atoms with van der Waals surface area (Å²) >= 11 is 0. The smallest absolute Gasteiger partial charge is 0.119 e. The van der Waals surface area contributed by atoms with Gasteiger partial charge in [-0.15, -0.1) is 0 Å². The molecule has 0 saturated carbocycles. The van der Waals surface area contributed by atoms with Crippen molar-refractivity contribution in [3.63, 3.8) is 0 Å². The highest BCUT2D eigenvalue weighted by atomic mass is 16.5. The number of aryl methyl sites for hydroxylation is 1. The fraction of sp³-hybridized carbons (Fsp3) is 0.294. The first-order valence-corrected chi connectivity index (χ1v) is 6.59. The standard InChI is InChI=1S/C17H20O2/c1-13-3-5-15(6-4-13)11-16-7-9-17(10-8-16)19-12-14(2)18/h3-10,14,18H,11-12H2,1-2H3. The highest BCUT2D eigenvalue weighted by molar-refractivity contribution is 5.32. The van der Waals surface area contributed by atoms with Gasteiger partial charge in [0.2, 0.25) is 0 Å². The van der Waals surface area contributed by atoms with Crippen LogP contribution in [0, 0.1) is 6.92 Å². The van der Waals surface area contributed by atoms with Crippen molar-refractivity contribution in [3.05, 3.63) is 65.2 Å². The van der Waals surface area contributed by atoms with Gasteiger partial charge in [-0.2, -0.15) is 0 Å². The second-order valence-corrected chi connectivity index (χ2v) is 4.97. The predicted octanol–water partition coefficient (Wildman–Crippen LogP) is 3.35. The van der Waals surface area contributed by atoms with Crippen LogP contribution in [0.4, 0.5) is 0 Å². The van der Waals surface area contributed by atoms with Crippen LogP contribution in [0.5, 0.6) is 5.75 Å². The van der Waals surface area contributed by atoms with E-state index in [2.05, 4.69) is 43.3 Å². The average molecular weight is 256 g/mol. The zero-order valence-corrected chi connectivity index (χ0v) is 11.5. The Morgan fingerprint density at radius 2 is 1.47 bits per heavy atom. The zero-order chi connectivity index (χ0) is 13.7. The minimum absolute atomic E-state index is 0.331. The molecule has 0 bridgehead atoms. The molecule has 1 unspecified atom stereocenters. The summed E-state index contributed by atoms with van der Waals surface area (Å²) in [6, 6.07) is 16.6. The van der Waals surface area contributed by atoms with Crippen molar-refractivity contribution < 1.29 is 9.84 Å². The van der Waals surface area contributed by atoms with Crippen molar-refractivity contribution in [1.29, 1.82) is 0 Å². The molecule has 0 amide bonds. The normalized spacial score (nSPS) is 12.2. The molecule has 0 radical (unpaired) electrons. The Morgan fingerprint density at radius 1 is 0.947 bits per heavy atom. The van der Waals surface area contributed by atoms with Gasteiger partial charge in [-0.05, 0) is 43.5 Å². The topological polar surface area (TPSA) is 29.5 Å². The molecule has 0 aliphatic carbocycles. The van der Waals surface area contributed by atoms with Gasteiger partial charge < -0.3 is 9.84 Å². The molecule has 1 N–H and O–H groups in total. The monoisotopic (exact) mass is 256 g/mol. The van der Waals surface area contributed by atoms with Crippen LogP contribution in [0.25, 0.3) is 0 Å². The van der Waals surface area contributed by atoms with Crippen LogP contribution in [-0.4, -0.2) is 17.8 Å². The van der Waals surface area contributed by atoms with Crippen LogP contribution in [0.3, 0.4) is 0 Å². The van der Waals surface area contributed by atoms with Gasteiger partial charge in [0.05, 0.1) is 6.10 Å². The summed E-state index contributed by atoms with van der Waals surface area (Å²) < 4.78 is 5.44. The van der Waals surface area contributed by atoms with E-state index in [1.54, 1.807) is 6.92 Å². The third-order valence-corrected chi connectivity index (χ3v) is 2.94. The van der Waals surface area contributed by atoms with E-state index < -0.39 is 6.10 Å². The van der Waals surface area contributed by atoms with Gasteiger partial charge in [-0.25, -0.2) is 0 Å². The van der Waals surface area contributed by atoms with Gasteiger partial charge in [-0.1, -0.05) is 42.0 Å². The lowest BCUT2D eigenvalue weighted by atomic mass is 10.0. The Kier molecular flexibility index (Phi) is 4.58. The summed E-state index contributed by atoms with van der Waals surface area (Å²) in [7, 11) is 0. The zero-order valence-electron chi connectivity index (χ0n) is 11.5. The molecule has 100 valence electrons. The molecule has 2 heteroatoms. The molecule has 0 aliphatic heterocycles. The Balaban J connectivity index is 1.96. The van der Waals surface area contributed by atoms with E-state index in [1.165, 1.54) is 16.7 Å². The van der Waals surface area contributed by atoms with Crippen LogP contribution >= 0.6 is 0 Å². The number of aliphatic hydroxyl groups excluding tert-OH is 1. The number of hydrogen-bond acceptors (Lipinski definition) is 2. The van der Waals surface area contributed by atoms with Crippen LogP contribution < -0.4 is 4.74 Å². The number of ether oxygens (including phenoxy) is 1. The molecule has 0 heterocycles. The van der Waals surface area contributed by atoms with Gasteiger partial charge in [0.1, 0.15) is 12.4 Å². The van der Waals surface area contributed by atoms with E-state index >= 15 is 0 Å².